The molecule has 1 aromatic carbocycles. The molecule has 0 aromatic heterocycles. The van der Waals surface area contributed by atoms with E-state index in [-0.39, 0.29) is 5.92 Å². The third-order valence-electron chi connectivity index (χ3n) is 3.65. The molecular formula is C15H19N. The van der Waals surface area contributed by atoms with Crippen molar-refractivity contribution in [2.24, 2.45) is 5.92 Å². The molecule has 1 saturated carbocycles. The van der Waals surface area contributed by atoms with Gasteiger partial charge in [-0.15, -0.1) is 0 Å². The highest BCUT2D eigenvalue weighted by Gasteiger charge is 2.19. The summed E-state index contributed by atoms with van der Waals surface area (Å²) in [6.45, 7) is 0. The Morgan fingerprint density at radius 1 is 1.12 bits per heavy atom. The molecule has 1 fully saturated rings. The topological polar surface area (TPSA) is 23.8 Å². The van der Waals surface area contributed by atoms with E-state index in [9.17, 15) is 5.26 Å². The van der Waals surface area contributed by atoms with Crippen molar-refractivity contribution in [1.82, 2.24) is 0 Å². The molecule has 1 aromatic rings. The molecule has 84 valence electrons. The lowest BCUT2D eigenvalue weighted by Gasteiger charge is -2.23. The molecule has 0 amide bonds. The summed E-state index contributed by atoms with van der Waals surface area (Å²) >= 11 is 0. The average Bonchev–Trinajstić information content (AvgIpc) is 2.38. The molecule has 1 nitrogen and oxygen atoms in total. The van der Waals surface area contributed by atoms with E-state index in [1.165, 1.54) is 37.7 Å². The van der Waals surface area contributed by atoms with E-state index < -0.39 is 0 Å². The normalized spacial score (nSPS) is 18.9. The lowest BCUT2D eigenvalue weighted by Crippen LogP contribution is -2.10. The maximum Gasteiger partial charge on any atom is 0.0715 e. The van der Waals surface area contributed by atoms with Crippen LogP contribution in [-0.4, -0.2) is 0 Å². The van der Waals surface area contributed by atoms with Gasteiger partial charge in [0.25, 0.3) is 0 Å². The summed E-state index contributed by atoms with van der Waals surface area (Å²) in [5, 5.41) is 9.26. The maximum atomic E-state index is 9.26. The fourth-order valence-electron chi connectivity index (χ4n) is 2.70. The monoisotopic (exact) mass is 213 g/mol. The lowest BCUT2D eigenvalue weighted by atomic mass is 9.81. The minimum Gasteiger partial charge on any atom is -0.198 e. The molecule has 1 heteroatoms. The number of rotatable bonds is 3. The quantitative estimate of drug-likeness (QED) is 0.735. The van der Waals surface area contributed by atoms with Crippen molar-refractivity contribution < 1.29 is 0 Å². The third-order valence-corrected chi connectivity index (χ3v) is 3.65. The summed E-state index contributed by atoms with van der Waals surface area (Å²) in [6, 6.07) is 12.7. The number of hydrogen-bond acceptors (Lipinski definition) is 1. The zero-order chi connectivity index (χ0) is 11.2. The summed E-state index contributed by atoms with van der Waals surface area (Å²) in [5.74, 6) is 0.878. The van der Waals surface area contributed by atoms with Crippen LogP contribution >= 0.6 is 0 Å². The van der Waals surface area contributed by atoms with E-state index in [0.29, 0.717) is 0 Å². The second kappa shape index (κ2) is 5.70. The van der Waals surface area contributed by atoms with E-state index in [4.69, 9.17) is 0 Å². The number of nitriles is 1. The molecule has 0 saturated heterocycles. The van der Waals surface area contributed by atoms with Crippen molar-refractivity contribution in [1.29, 1.82) is 5.26 Å². The van der Waals surface area contributed by atoms with Gasteiger partial charge in [0.1, 0.15) is 0 Å². The first-order chi connectivity index (χ1) is 7.90. The Morgan fingerprint density at radius 2 is 1.81 bits per heavy atom. The fourth-order valence-corrected chi connectivity index (χ4v) is 2.70. The van der Waals surface area contributed by atoms with Crippen molar-refractivity contribution in [2.45, 2.75) is 44.4 Å². The molecule has 0 spiro atoms. The van der Waals surface area contributed by atoms with Gasteiger partial charge in [0.05, 0.1) is 12.0 Å². The van der Waals surface area contributed by atoms with Gasteiger partial charge < -0.3 is 0 Å². The summed E-state index contributed by atoms with van der Waals surface area (Å²) in [6.07, 6.45) is 7.81. The molecule has 0 aliphatic heterocycles. The molecule has 0 N–H and O–H groups in total. The van der Waals surface area contributed by atoms with Gasteiger partial charge in [-0.3, -0.25) is 0 Å². The summed E-state index contributed by atoms with van der Waals surface area (Å²) in [4.78, 5) is 0. The predicted octanol–water partition coefficient (Wildman–Crippen LogP) is 4.26. The predicted molar refractivity (Wildman–Crippen MR) is 66.0 cm³/mol. The SMILES string of the molecule is N#CC(CC1CCCCC1)c1ccccc1. The van der Waals surface area contributed by atoms with Gasteiger partial charge in [-0.1, -0.05) is 62.4 Å². The summed E-state index contributed by atoms with van der Waals surface area (Å²) < 4.78 is 0. The standard InChI is InChI=1S/C15H19N/c16-12-15(14-9-5-2-6-10-14)11-13-7-3-1-4-8-13/h2,5-6,9-10,13,15H,1,3-4,7-8,11H2. The van der Waals surface area contributed by atoms with Crippen LogP contribution in [0.1, 0.15) is 50.0 Å². The van der Waals surface area contributed by atoms with E-state index in [2.05, 4.69) is 18.2 Å². The molecule has 0 heterocycles. The van der Waals surface area contributed by atoms with Gasteiger partial charge in [0, 0.05) is 0 Å². The number of hydrogen-bond donors (Lipinski definition) is 0. The van der Waals surface area contributed by atoms with Gasteiger partial charge >= 0.3 is 0 Å². The van der Waals surface area contributed by atoms with Crippen molar-refractivity contribution in [3.05, 3.63) is 35.9 Å². The largest absolute Gasteiger partial charge is 0.198 e. The van der Waals surface area contributed by atoms with E-state index >= 15 is 0 Å². The molecule has 1 aliphatic carbocycles. The molecule has 0 bridgehead atoms. The molecule has 1 unspecified atom stereocenters. The Labute approximate surface area is 98.1 Å². The first-order valence-electron chi connectivity index (χ1n) is 6.34. The van der Waals surface area contributed by atoms with Crippen molar-refractivity contribution in [2.75, 3.05) is 0 Å². The Hall–Kier alpha value is -1.29. The Balaban J connectivity index is 1.98. The van der Waals surface area contributed by atoms with Crippen LogP contribution in [0.3, 0.4) is 0 Å². The van der Waals surface area contributed by atoms with Gasteiger partial charge in [0.2, 0.25) is 0 Å². The highest BCUT2D eigenvalue weighted by atomic mass is 14.3. The van der Waals surface area contributed by atoms with Crippen molar-refractivity contribution >= 4 is 0 Å². The summed E-state index contributed by atoms with van der Waals surface area (Å²) in [7, 11) is 0. The van der Waals surface area contributed by atoms with Crippen LogP contribution in [0.15, 0.2) is 30.3 Å². The third kappa shape index (κ3) is 2.85. The van der Waals surface area contributed by atoms with Crippen molar-refractivity contribution in [3.8, 4) is 6.07 Å². The van der Waals surface area contributed by atoms with Gasteiger partial charge in [-0.25, -0.2) is 0 Å². The van der Waals surface area contributed by atoms with Crippen LogP contribution in [0.5, 0.6) is 0 Å². The lowest BCUT2D eigenvalue weighted by molar-refractivity contribution is 0.331. The van der Waals surface area contributed by atoms with Gasteiger partial charge in [-0.2, -0.15) is 5.26 Å². The molecule has 2 rings (SSSR count). The maximum absolute atomic E-state index is 9.26. The second-order valence-corrected chi connectivity index (χ2v) is 4.83. The number of benzene rings is 1. The van der Waals surface area contributed by atoms with Crippen LogP contribution < -0.4 is 0 Å². The fraction of sp³-hybridized carbons (Fsp3) is 0.533. The van der Waals surface area contributed by atoms with Gasteiger partial charge in [0.15, 0.2) is 0 Å². The van der Waals surface area contributed by atoms with E-state index in [1.807, 2.05) is 18.2 Å². The molecule has 0 radical (unpaired) electrons. The Kier molecular flexibility index (Phi) is 3.99. The summed E-state index contributed by atoms with van der Waals surface area (Å²) in [5.41, 5.74) is 1.19. The zero-order valence-electron chi connectivity index (χ0n) is 9.73. The first-order valence-corrected chi connectivity index (χ1v) is 6.34. The van der Waals surface area contributed by atoms with Gasteiger partial charge in [-0.05, 0) is 17.9 Å². The second-order valence-electron chi connectivity index (χ2n) is 4.83. The van der Waals surface area contributed by atoms with Crippen LogP contribution in [0.2, 0.25) is 0 Å². The van der Waals surface area contributed by atoms with Crippen molar-refractivity contribution in [3.63, 3.8) is 0 Å². The van der Waals surface area contributed by atoms with Crippen LogP contribution in [0, 0.1) is 17.2 Å². The zero-order valence-corrected chi connectivity index (χ0v) is 9.73. The minimum absolute atomic E-state index is 0.101. The first kappa shape index (κ1) is 11.2. The highest BCUT2D eigenvalue weighted by molar-refractivity contribution is 5.24. The molecule has 1 aliphatic rings. The molecule has 1 atom stereocenters. The molecule has 16 heavy (non-hydrogen) atoms. The highest BCUT2D eigenvalue weighted by Crippen LogP contribution is 2.32. The van der Waals surface area contributed by atoms with E-state index in [1.54, 1.807) is 0 Å². The van der Waals surface area contributed by atoms with Crippen LogP contribution in [-0.2, 0) is 0 Å². The Bertz CT molecular complexity index is 343. The van der Waals surface area contributed by atoms with E-state index in [0.717, 1.165) is 12.3 Å². The minimum atomic E-state index is 0.101. The Morgan fingerprint density at radius 3 is 2.44 bits per heavy atom. The molecular weight excluding hydrogens is 194 g/mol. The van der Waals surface area contributed by atoms with Crippen LogP contribution in [0.4, 0.5) is 0 Å². The van der Waals surface area contributed by atoms with Crippen LogP contribution in [0.25, 0.3) is 0 Å². The average molecular weight is 213 g/mol. The smallest absolute Gasteiger partial charge is 0.0715 e. The number of nitrogens with zero attached hydrogens (tertiary/aromatic N) is 1.